The number of para-hydroxylation sites is 1. The Morgan fingerprint density at radius 3 is 2.41 bits per heavy atom. The van der Waals surface area contributed by atoms with Crippen LogP contribution in [-0.2, 0) is 0 Å². The summed E-state index contributed by atoms with van der Waals surface area (Å²) < 4.78 is 5.93. The van der Waals surface area contributed by atoms with Gasteiger partial charge in [-0.15, -0.1) is 0 Å². The zero-order chi connectivity index (χ0) is 19.0. The van der Waals surface area contributed by atoms with Gasteiger partial charge in [0, 0.05) is 11.6 Å². The van der Waals surface area contributed by atoms with E-state index >= 15 is 0 Å². The second kappa shape index (κ2) is 6.74. The van der Waals surface area contributed by atoms with E-state index in [2.05, 4.69) is 0 Å². The molecule has 0 radical (unpaired) electrons. The zero-order valence-electron chi connectivity index (χ0n) is 14.0. The summed E-state index contributed by atoms with van der Waals surface area (Å²) in [7, 11) is 0. The van der Waals surface area contributed by atoms with Crippen LogP contribution in [0.4, 0.5) is 0 Å². The molecule has 0 aliphatic rings. The highest BCUT2D eigenvalue weighted by Crippen LogP contribution is 2.34. The van der Waals surface area contributed by atoms with E-state index < -0.39 is 5.97 Å². The van der Waals surface area contributed by atoms with E-state index in [1.165, 1.54) is 18.2 Å². The predicted molar refractivity (Wildman–Crippen MR) is 105 cm³/mol. The summed E-state index contributed by atoms with van der Waals surface area (Å²) in [6.45, 7) is 0. The molecule has 132 valence electrons. The van der Waals surface area contributed by atoms with Crippen LogP contribution in [0, 0.1) is 0 Å². The fourth-order valence-corrected chi connectivity index (χ4v) is 3.24. The fraction of sp³-hybridized carbons (Fsp3) is 0. The smallest absolute Gasteiger partial charge is 0.335 e. The number of carboxylic acids is 1. The average Bonchev–Trinajstić information content (AvgIpc) is 2.69. The molecule has 1 aromatic heterocycles. The van der Waals surface area contributed by atoms with E-state index in [1.807, 2.05) is 30.3 Å². The quantitative estimate of drug-likeness (QED) is 0.514. The van der Waals surface area contributed by atoms with Crippen molar-refractivity contribution in [1.82, 2.24) is 0 Å². The van der Waals surface area contributed by atoms with Crippen molar-refractivity contribution >= 4 is 28.5 Å². The lowest BCUT2D eigenvalue weighted by Gasteiger charge is -2.11. The first kappa shape index (κ1) is 17.1. The highest BCUT2D eigenvalue weighted by Gasteiger charge is 2.16. The molecule has 4 aromatic rings. The van der Waals surface area contributed by atoms with Crippen LogP contribution < -0.4 is 5.43 Å². The first-order valence-electron chi connectivity index (χ1n) is 8.20. The molecular formula is C22H13ClO4. The summed E-state index contributed by atoms with van der Waals surface area (Å²) in [6, 6.07) is 20.6. The summed E-state index contributed by atoms with van der Waals surface area (Å²) in [5.41, 5.74) is 2.29. The van der Waals surface area contributed by atoms with E-state index in [1.54, 1.807) is 24.3 Å². The molecule has 0 amide bonds. The molecule has 5 heteroatoms. The van der Waals surface area contributed by atoms with Gasteiger partial charge in [0.05, 0.1) is 16.0 Å². The van der Waals surface area contributed by atoms with Crippen molar-refractivity contribution < 1.29 is 14.3 Å². The third kappa shape index (κ3) is 3.11. The second-order valence-corrected chi connectivity index (χ2v) is 6.43. The monoisotopic (exact) mass is 376 g/mol. The van der Waals surface area contributed by atoms with Gasteiger partial charge in [-0.2, -0.15) is 0 Å². The third-order valence-electron chi connectivity index (χ3n) is 4.32. The molecular weight excluding hydrogens is 364 g/mol. The molecule has 0 saturated heterocycles. The number of aromatic carboxylic acids is 1. The highest BCUT2D eigenvalue weighted by molar-refractivity contribution is 6.34. The molecule has 0 bridgehead atoms. The van der Waals surface area contributed by atoms with E-state index in [4.69, 9.17) is 16.0 Å². The van der Waals surface area contributed by atoms with Gasteiger partial charge in [0.25, 0.3) is 0 Å². The van der Waals surface area contributed by atoms with Gasteiger partial charge in [-0.05, 0) is 35.4 Å². The number of carbonyl (C=O) groups is 1. The minimum absolute atomic E-state index is 0.103. The lowest BCUT2D eigenvalue weighted by molar-refractivity contribution is 0.0697. The topological polar surface area (TPSA) is 67.5 Å². The Labute approximate surface area is 159 Å². The first-order chi connectivity index (χ1) is 13.0. The summed E-state index contributed by atoms with van der Waals surface area (Å²) in [5.74, 6) is -0.792. The second-order valence-electron chi connectivity index (χ2n) is 6.02. The molecule has 0 saturated carbocycles. The minimum atomic E-state index is -1.06. The summed E-state index contributed by atoms with van der Waals surface area (Å²) in [6.07, 6.45) is 0. The van der Waals surface area contributed by atoms with Crippen LogP contribution in [0.5, 0.6) is 0 Å². The number of rotatable bonds is 3. The maximum Gasteiger partial charge on any atom is 0.335 e. The number of hydrogen-bond donors (Lipinski definition) is 1. The molecule has 4 nitrogen and oxygen atoms in total. The molecule has 27 heavy (non-hydrogen) atoms. The number of fused-ring (bicyclic) bond motifs is 1. The molecule has 0 aliphatic heterocycles. The number of halogens is 1. The normalized spacial score (nSPS) is 10.9. The molecule has 0 fully saturated rings. The highest BCUT2D eigenvalue weighted by atomic mass is 35.5. The van der Waals surface area contributed by atoms with Gasteiger partial charge in [0.2, 0.25) is 0 Å². The standard InChI is InChI=1S/C22H13ClO4/c23-18-8-4-7-16-19(24)12-20(27-21(16)18)17-11-14(22(25)26)9-10-15(17)13-5-2-1-3-6-13/h1-12H,(H,25,26). The van der Waals surface area contributed by atoms with Crippen LogP contribution in [0.2, 0.25) is 5.02 Å². The van der Waals surface area contributed by atoms with Crippen molar-refractivity contribution in [3.8, 4) is 22.5 Å². The Morgan fingerprint density at radius 1 is 0.889 bits per heavy atom. The predicted octanol–water partition coefficient (Wildman–Crippen LogP) is 5.48. The molecule has 0 unspecified atom stereocenters. The lowest BCUT2D eigenvalue weighted by atomic mass is 9.95. The van der Waals surface area contributed by atoms with Crippen LogP contribution in [0.15, 0.2) is 82.0 Å². The number of carboxylic acid groups (broad SMARTS) is 1. The van der Waals surface area contributed by atoms with Gasteiger partial charge >= 0.3 is 5.97 Å². The molecule has 0 aliphatic carbocycles. The molecule has 3 aromatic carbocycles. The maximum atomic E-state index is 12.6. The van der Waals surface area contributed by atoms with Crippen molar-refractivity contribution in [3.05, 3.63) is 93.6 Å². The molecule has 4 rings (SSSR count). The van der Waals surface area contributed by atoms with E-state index in [0.29, 0.717) is 16.0 Å². The van der Waals surface area contributed by atoms with Crippen LogP contribution in [0.3, 0.4) is 0 Å². The largest absolute Gasteiger partial charge is 0.478 e. The van der Waals surface area contributed by atoms with Crippen LogP contribution in [0.1, 0.15) is 10.4 Å². The van der Waals surface area contributed by atoms with Gasteiger partial charge in [-0.25, -0.2) is 4.79 Å². The van der Waals surface area contributed by atoms with Crippen LogP contribution in [0.25, 0.3) is 33.4 Å². The van der Waals surface area contributed by atoms with Gasteiger partial charge in [-0.3, -0.25) is 4.79 Å². The molecule has 0 spiro atoms. The summed E-state index contributed by atoms with van der Waals surface area (Å²) >= 11 is 6.20. The van der Waals surface area contributed by atoms with Crippen molar-refractivity contribution in [2.45, 2.75) is 0 Å². The van der Waals surface area contributed by atoms with Crippen molar-refractivity contribution in [2.24, 2.45) is 0 Å². The Bertz CT molecular complexity index is 1230. The lowest BCUT2D eigenvalue weighted by Crippen LogP contribution is -2.02. The van der Waals surface area contributed by atoms with Crippen molar-refractivity contribution in [1.29, 1.82) is 0 Å². The molecule has 1 heterocycles. The Kier molecular flexibility index (Phi) is 4.26. The minimum Gasteiger partial charge on any atom is -0.478 e. The third-order valence-corrected chi connectivity index (χ3v) is 4.62. The van der Waals surface area contributed by atoms with Crippen LogP contribution in [-0.4, -0.2) is 11.1 Å². The van der Waals surface area contributed by atoms with Gasteiger partial charge in [0.1, 0.15) is 5.76 Å². The van der Waals surface area contributed by atoms with Gasteiger partial charge in [-0.1, -0.05) is 54.1 Å². The van der Waals surface area contributed by atoms with Crippen molar-refractivity contribution in [2.75, 3.05) is 0 Å². The Balaban J connectivity index is 2.04. The van der Waals surface area contributed by atoms with E-state index in [9.17, 15) is 14.7 Å². The number of hydrogen-bond acceptors (Lipinski definition) is 3. The fourth-order valence-electron chi connectivity index (χ4n) is 3.03. The number of benzene rings is 3. The Hall–Kier alpha value is -3.37. The molecule has 1 N–H and O–H groups in total. The zero-order valence-corrected chi connectivity index (χ0v) is 14.7. The van der Waals surface area contributed by atoms with Crippen LogP contribution >= 0.6 is 11.6 Å². The van der Waals surface area contributed by atoms with Gasteiger partial charge in [0.15, 0.2) is 11.0 Å². The van der Waals surface area contributed by atoms with E-state index in [-0.39, 0.29) is 22.3 Å². The van der Waals surface area contributed by atoms with E-state index in [0.717, 1.165) is 11.1 Å². The average molecular weight is 377 g/mol. The SMILES string of the molecule is O=C(O)c1ccc(-c2ccccc2)c(-c2cc(=O)c3cccc(Cl)c3o2)c1. The summed E-state index contributed by atoms with van der Waals surface area (Å²) in [4.78, 5) is 24.0. The maximum absolute atomic E-state index is 12.6. The van der Waals surface area contributed by atoms with Crippen molar-refractivity contribution in [3.63, 3.8) is 0 Å². The molecule has 0 atom stereocenters. The van der Waals surface area contributed by atoms with Gasteiger partial charge < -0.3 is 9.52 Å². The summed E-state index contributed by atoms with van der Waals surface area (Å²) in [5, 5.41) is 10.1. The Morgan fingerprint density at radius 2 is 1.67 bits per heavy atom. The first-order valence-corrected chi connectivity index (χ1v) is 8.58.